The minimum atomic E-state index is -0.423. The van der Waals surface area contributed by atoms with Crippen molar-refractivity contribution in [2.24, 2.45) is 0 Å². The Bertz CT molecular complexity index is 374. The van der Waals surface area contributed by atoms with E-state index in [2.05, 4.69) is 26.9 Å². The van der Waals surface area contributed by atoms with Gasteiger partial charge in [-0.15, -0.1) is 0 Å². The Hall–Kier alpha value is -0.580. The summed E-state index contributed by atoms with van der Waals surface area (Å²) in [6.45, 7) is 5.35. The van der Waals surface area contributed by atoms with Gasteiger partial charge in [-0.25, -0.2) is 0 Å². The number of aliphatic hydroxyl groups is 1. The highest BCUT2D eigenvalue weighted by molar-refractivity contribution is 9.10. The second-order valence-corrected chi connectivity index (χ2v) is 5.19. The van der Waals surface area contributed by atoms with E-state index in [1.165, 1.54) is 5.69 Å². The fourth-order valence-corrected chi connectivity index (χ4v) is 2.67. The van der Waals surface area contributed by atoms with Gasteiger partial charge in [0, 0.05) is 24.2 Å². The number of anilines is 1. The van der Waals surface area contributed by atoms with Crippen molar-refractivity contribution in [2.75, 3.05) is 31.2 Å². The van der Waals surface area contributed by atoms with Gasteiger partial charge in [-0.05, 0) is 47.0 Å². The van der Waals surface area contributed by atoms with Crippen LogP contribution in [0.25, 0.3) is 0 Å². The van der Waals surface area contributed by atoms with E-state index in [-0.39, 0.29) is 0 Å². The third kappa shape index (κ3) is 3.21. The number of halogens is 1. The minimum absolute atomic E-state index is 0.423. The maximum Gasteiger partial charge on any atom is 0.0762 e. The molecule has 1 aromatic rings. The van der Waals surface area contributed by atoms with Crippen LogP contribution in [0.4, 0.5) is 5.69 Å². The second-order valence-electron chi connectivity index (χ2n) is 4.34. The monoisotopic (exact) mass is 299 g/mol. The average molecular weight is 300 g/mol. The largest absolute Gasteiger partial charge is 0.389 e. The SMILES string of the molecule is CC(O)c1ccc(N2CCCOCC2)c(Br)c1. The van der Waals surface area contributed by atoms with Gasteiger partial charge >= 0.3 is 0 Å². The highest BCUT2D eigenvalue weighted by atomic mass is 79.9. The van der Waals surface area contributed by atoms with E-state index in [1.54, 1.807) is 6.92 Å². The van der Waals surface area contributed by atoms with Crippen molar-refractivity contribution < 1.29 is 9.84 Å². The molecule has 0 amide bonds. The average Bonchev–Trinajstić information content (AvgIpc) is 2.57. The lowest BCUT2D eigenvalue weighted by Crippen LogP contribution is -2.26. The summed E-state index contributed by atoms with van der Waals surface area (Å²) < 4.78 is 6.49. The van der Waals surface area contributed by atoms with Crippen LogP contribution in [0, 0.1) is 0 Å². The molecular weight excluding hydrogens is 282 g/mol. The van der Waals surface area contributed by atoms with E-state index in [9.17, 15) is 5.11 Å². The number of nitrogens with zero attached hydrogens (tertiary/aromatic N) is 1. The molecule has 1 N–H and O–H groups in total. The van der Waals surface area contributed by atoms with Crippen LogP contribution in [-0.4, -0.2) is 31.4 Å². The number of hydrogen-bond acceptors (Lipinski definition) is 3. The summed E-state index contributed by atoms with van der Waals surface area (Å²) in [5, 5.41) is 9.54. The van der Waals surface area contributed by atoms with E-state index in [1.807, 2.05) is 12.1 Å². The normalized spacial score (nSPS) is 18.9. The highest BCUT2D eigenvalue weighted by Crippen LogP contribution is 2.29. The number of benzene rings is 1. The summed E-state index contributed by atoms with van der Waals surface area (Å²) in [6.07, 6.45) is 0.637. The van der Waals surface area contributed by atoms with E-state index in [0.717, 1.165) is 42.8 Å². The number of rotatable bonds is 2. The molecule has 1 atom stereocenters. The van der Waals surface area contributed by atoms with Crippen LogP contribution in [0.3, 0.4) is 0 Å². The predicted octanol–water partition coefficient (Wildman–Crippen LogP) is 2.73. The van der Waals surface area contributed by atoms with Gasteiger partial charge in [0.1, 0.15) is 0 Å². The van der Waals surface area contributed by atoms with Crippen LogP contribution in [0.15, 0.2) is 22.7 Å². The Labute approximate surface area is 111 Å². The van der Waals surface area contributed by atoms with Crippen molar-refractivity contribution in [1.29, 1.82) is 0 Å². The van der Waals surface area contributed by atoms with E-state index in [0.29, 0.717) is 0 Å². The maximum absolute atomic E-state index is 9.54. The van der Waals surface area contributed by atoms with Crippen molar-refractivity contribution in [3.05, 3.63) is 28.2 Å². The van der Waals surface area contributed by atoms with Gasteiger partial charge in [0.2, 0.25) is 0 Å². The van der Waals surface area contributed by atoms with E-state index >= 15 is 0 Å². The Morgan fingerprint density at radius 1 is 1.35 bits per heavy atom. The Balaban J connectivity index is 2.19. The van der Waals surface area contributed by atoms with Gasteiger partial charge in [-0.1, -0.05) is 6.07 Å². The molecule has 0 aromatic heterocycles. The van der Waals surface area contributed by atoms with Crippen molar-refractivity contribution in [1.82, 2.24) is 0 Å². The van der Waals surface area contributed by atoms with Crippen molar-refractivity contribution in [2.45, 2.75) is 19.4 Å². The standard InChI is InChI=1S/C13H18BrNO2/c1-10(16)11-3-4-13(12(14)9-11)15-5-2-7-17-8-6-15/h3-4,9-10,16H,2,5-8H2,1H3. The Morgan fingerprint density at radius 2 is 2.18 bits per heavy atom. The number of aliphatic hydroxyl groups excluding tert-OH is 1. The summed E-state index contributed by atoms with van der Waals surface area (Å²) in [4.78, 5) is 2.32. The molecule has 1 heterocycles. The topological polar surface area (TPSA) is 32.7 Å². The third-order valence-electron chi connectivity index (χ3n) is 3.02. The first-order valence-corrected chi connectivity index (χ1v) is 6.78. The first kappa shape index (κ1) is 12.9. The minimum Gasteiger partial charge on any atom is -0.389 e. The molecule has 4 heteroatoms. The second kappa shape index (κ2) is 5.85. The molecular formula is C13H18BrNO2. The van der Waals surface area contributed by atoms with Crippen LogP contribution in [0.1, 0.15) is 25.0 Å². The molecule has 1 unspecified atom stereocenters. The van der Waals surface area contributed by atoms with Crippen LogP contribution < -0.4 is 4.90 Å². The lowest BCUT2D eigenvalue weighted by molar-refractivity contribution is 0.152. The molecule has 1 saturated heterocycles. The van der Waals surface area contributed by atoms with Crippen LogP contribution in [0.2, 0.25) is 0 Å². The van der Waals surface area contributed by atoms with Crippen LogP contribution >= 0.6 is 15.9 Å². The molecule has 0 bridgehead atoms. The van der Waals surface area contributed by atoms with Crippen LogP contribution in [-0.2, 0) is 4.74 Å². The predicted molar refractivity (Wildman–Crippen MR) is 72.4 cm³/mol. The molecule has 1 fully saturated rings. The first-order valence-electron chi connectivity index (χ1n) is 5.98. The molecule has 94 valence electrons. The van der Waals surface area contributed by atoms with Crippen molar-refractivity contribution >= 4 is 21.6 Å². The molecule has 1 aliphatic rings. The molecule has 0 radical (unpaired) electrons. The molecule has 17 heavy (non-hydrogen) atoms. The van der Waals surface area contributed by atoms with Gasteiger partial charge in [-0.3, -0.25) is 0 Å². The molecule has 3 nitrogen and oxygen atoms in total. The zero-order valence-corrected chi connectivity index (χ0v) is 11.6. The fourth-order valence-electron chi connectivity index (χ4n) is 2.03. The summed E-state index contributed by atoms with van der Waals surface area (Å²) in [5.74, 6) is 0. The smallest absolute Gasteiger partial charge is 0.0762 e. The van der Waals surface area contributed by atoms with Gasteiger partial charge in [0.15, 0.2) is 0 Å². The Kier molecular flexibility index (Phi) is 4.42. The quantitative estimate of drug-likeness (QED) is 0.911. The van der Waals surface area contributed by atoms with Gasteiger partial charge in [0.05, 0.1) is 18.4 Å². The molecule has 0 saturated carbocycles. The zero-order chi connectivity index (χ0) is 12.3. The Morgan fingerprint density at radius 3 is 2.88 bits per heavy atom. The third-order valence-corrected chi connectivity index (χ3v) is 3.65. The number of hydrogen-bond donors (Lipinski definition) is 1. The van der Waals surface area contributed by atoms with Crippen molar-refractivity contribution in [3.63, 3.8) is 0 Å². The molecule has 1 aliphatic heterocycles. The lowest BCUT2D eigenvalue weighted by Gasteiger charge is -2.24. The maximum atomic E-state index is 9.54. The van der Waals surface area contributed by atoms with E-state index < -0.39 is 6.10 Å². The summed E-state index contributed by atoms with van der Waals surface area (Å²) in [6, 6.07) is 6.04. The molecule has 2 rings (SSSR count). The van der Waals surface area contributed by atoms with Crippen LogP contribution in [0.5, 0.6) is 0 Å². The molecule has 0 spiro atoms. The van der Waals surface area contributed by atoms with Gasteiger partial charge < -0.3 is 14.7 Å². The van der Waals surface area contributed by atoms with Gasteiger partial charge in [-0.2, -0.15) is 0 Å². The summed E-state index contributed by atoms with van der Waals surface area (Å²) in [5.41, 5.74) is 2.12. The lowest BCUT2D eigenvalue weighted by atomic mass is 10.1. The fraction of sp³-hybridized carbons (Fsp3) is 0.538. The zero-order valence-electron chi connectivity index (χ0n) is 10.0. The molecule has 1 aromatic carbocycles. The highest BCUT2D eigenvalue weighted by Gasteiger charge is 2.13. The summed E-state index contributed by atoms with van der Waals surface area (Å²) in [7, 11) is 0. The summed E-state index contributed by atoms with van der Waals surface area (Å²) >= 11 is 3.58. The first-order chi connectivity index (χ1) is 8.18. The molecule has 0 aliphatic carbocycles. The van der Waals surface area contributed by atoms with E-state index in [4.69, 9.17) is 4.74 Å². The van der Waals surface area contributed by atoms with Gasteiger partial charge in [0.25, 0.3) is 0 Å². The van der Waals surface area contributed by atoms with Crippen molar-refractivity contribution in [3.8, 4) is 0 Å². The number of ether oxygens (including phenoxy) is 1.